The highest BCUT2D eigenvalue weighted by Crippen LogP contribution is 2.42. The van der Waals surface area contributed by atoms with Crippen LogP contribution in [0.5, 0.6) is 5.75 Å². The molecule has 20 heteroatoms. The quantitative estimate of drug-likeness (QED) is 0.0886. The number of hydrogen-bond acceptors (Lipinski definition) is 18. The standard InChI is InChI=1S/C51H81N5O15/c1-16-38-51(10)43(70-48(60)71-51)31(6)56(13)26-27(2)23-49(8,61)42(68-46-40(57)37(55(11)12)21-28(3)64-46)29(4)41(30(5)45(58)66-38)67-39-24-50(9,63-15)44(32(7)65-39)69-47(59)54-53-20-19-33-25-52-36-18-17-34(62-14)22-35(33)36/h17-18,20,22,25,27-32,37-44,46,52,57,61H,16,19,21,23-24,26H2,1-15H3,(H,54,59)/b53-20+/t27-,28-,29+,30-,31-,32+,37+,38-,39+,40-,41+,42-,43-,44?,46+,49-,50-,51-/m1/s1. The van der Waals surface area contributed by atoms with Gasteiger partial charge in [-0.2, -0.15) is 5.10 Å². The van der Waals surface area contributed by atoms with E-state index in [0.717, 1.165) is 22.2 Å². The third-order valence-corrected chi connectivity index (χ3v) is 15.4. The second-order valence-electron chi connectivity index (χ2n) is 21.3. The minimum absolute atomic E-state index is 0.0321. The van der Waals surface area contributed by atoms with Crippen molar-refractivity contribution >= 4 is 35.3 Å². The number of nitrogens with one attached hydrogen (secondary N) is 2. The summed E-state index contributed by atoms with van der Waals surface area (Å²) in [5.74, 6) is -2.00. The second-order valence-corrected chi connectivity index (χ2v) is 21.3. The molecule has 1 amide bonds. The Morgan fingerprint density at radius 1 is 1.03 bits per heavy atom. The predicted molar refractivity (Wildman–Crippen MR) is 262 cm³/mol. The third-order valence-electron chi connectivity index (χ3n) is 15.4. The average molecular weight is 1000 g/mol. The number of hydrazone groups is 1. The Morgan fingerprint density at radius 2 is 1.75 bits per heavy atom. The Kier molecular flexibility index (Phi) is 18.2. The number of likely N-dealkylation sites (N-methyl/N-ethyl adjacent to an activating group) is 2. The van der Waals surface area contributed by atoms with Gasteiger partial charge in [-0.15, -0.1) is 0 Å². The van der Waals surface area contributed by atoms with E-state index < -0.39 is 102 Å². The molecule has 0 saturated carbocycles. The number of cyclic esters (lactones) is 1. The van der Waals surface area contributed by atoms with Gasteiger partial charge in [0.05, 0.1) is 43.0 Å². The van der Waals surface area contributed by atoms with Gasteiger partial charge in [0.25, 0.3) is 0 Å². The number of amides is 1. The molecule has 1 aromatic heterocycles. The zero-order valence-corrected chi connectivity index (χ0v) is 44.3. The van der Waals surface area contributed by atoms with E-state index in [0.29, 0.717) is 19.4 Å². The number of esters is 1. The van der Waals surface area contributed by atoms with Crippen molar-refractivity contribution in [2.45, 2.75) is 192 Å². The molecule has 4 aliphatic heterocycles. The molecule has 0 bridgehead atoms. The summed E-state index contributed by atoms with van der Waals surface area (Å²) in [6.07, 6.45) is -6.04. The number of nitrogens with zero attached hydrogens (tertiary/aromatic N) is 3. The van der Waals surface area contributed by atoms with Gasteiger partial charge in [0.15, 0.2) is 30.4 Å². The first-order chi connectivity index (χ1) is 33.4. The molecule has 0 aliphatic carbocycles. The van der Waals surface area contributed by atoms with E-state index in [1.54, 1.807) is 47.9 Å². The fourth-order valence-electron chi connectivity index (χ4n) is 11.4. The van der Waals surface area contributed by atoms with Gasteiger partial charge < -0.3 is 67.5 Å². The fraction of sp³-hybridized carbons (Fsp3) is 0.765. The molecular weight excluding hydrogens is 923 g/mol. The minimum Gasteiger partial charge on any atom is -0.497 e. The number of aromatic nitrogens is 1. The summed E-state index contributed by atoms with van der Waals surface area (Å²) in [5.41, 5.74) is 0.198. The van der Waals surface area contributed by atoms with Crippen molar-refractivity contribution in [2.75, 3.05) is 41.9 Å². The SMILES string of the molecule is CC[C@H]1OC(=O)[C@H](C)[C@@H](O[C@H]2C[C@@](C)(OC)C(OC(=O)N/N=C/Cc3c[nH]c4ccc(OC)cc34)[C@H](C)O2)[C@H](C)[C@@H](O[C@@H]2O[C@H](C)C[C@H](N(C)C)[C@H]2O)[C@](C)(O)C[C@@H](C)CN(C)[C@H](C)[C@H]2OC(=O)O[C@@]21C. The number of methoxy groups -OCH3 is 2. The van der Waals surface area contributed by atoms with E-state index in [9.17, 15) is 24.6 Å². The number of benzene rings is 1. The predicted octanol–water partition coefficient (Wildman–Crippen LogP) is 5.54. The van der Waals surface area contributed by atoms with Gasteiger partial charge in [-0.1, -0.05) is 20.8 Å². The van der Waals surface area contributed by atoms with Crippen molar-refractivity contribution < 1.29 is 72.0 Å². The Hall–Kier alpha value is -4.12. The van der Waals surface area contributed by atoms with Gasteiger partial charge >= 0.3 is 18.2 Å². The van der Waals surface area contributed by atoms with Gasteiger partial charge in [0.1, 0.15) is 23.6 Å². The lowest BCUT2D eigenvalue weighted by Crippen LogP contribution is -2.61. The zero-order valence-electron chi connectivity index (χ0n) is 44.3. The summed E-state index contributed by atoms with van der Waals surface area (Å²) >= 11 is 0. The largest absolute Gasteiger partial charge is 0.509 e. The highest BCUT2D eigenvalue weighted by molar-refractivity contribution is 5.87. The second kappa shape index (κ2) is 23.0. The average Bonchev–Trinajstić information content (AvgIpc) is 3.86. The summed E-state index contributed by atoms with van der Waals surface area (Å²) in [7, 11) is 8.78. The summed E-state index contributed by atoms with van der Waals surface area (Å²) in [6.45, 7) is 18.6. The first kappa shape index (κ1) is 56.2. The van der Waals surface area contributed by atoms with Crippen molar-refractivity contribution in [1.82, 2.24) is 20.2 Å². The number of aliphatic hydroxyl groups excluding tert-OH is 1. The van der Waals surface area contributed by atoms with E-state index in [-0.39, 0.29) is 43.4 Å². The lowest BCUT2D eigenvalue weighted by atomic mass is 9.77. The maximum atomic E-state index is 14.8. The lowest BCUT2D eigenvalue weighted by molar-refractivity contribution is -0.317. The number of aromatic amines is 1. The number of hydrogen-bond donors (Lipinski definition) is 4. The molecule has 71 heavy (non-hydrogen) atoms. The number of H-pyrrole nitrogens is 1. The van der Waals surface area contributed by atoms with Gasteiger partial charge in [-0.05, 0) is 119 Å². The van der Waals surface area contributed by atoms with Gasteiger partial charge in [-0.25, -0.2) is 15.0 Å². The minimum atomic E-state index is -1.62. The molecule has 4 aliphatic rings. The Labute approximate surface area is 418 Å². The van der Waals surface area contributed by atoms with E-state index >= 15 is 0 Å². The summed E-state index contributed by atoms with van der Waals surface area (Å²) in [6, 6.07) is 5.03. The molecule has 400 valence electrons. The first-order valence-electron chi connectivity index (χ1n) is 25.0. The molecule has 1 aromatic carbocycles. The molecule has 4 saturated heterocycles. The highest BCUT2D eigenvalue weighted by atomic mass is 16.8. The van der Waals surface area contributed by atoms with E-state index in [4.69, 9.17) is 47.4 Å². The monoisotopic (exact) mass is 1000 g/mol. The number of carbonyl (C=O) groups excluding carboxylic acids is 3. The smallest absolute Gasteiger partial charge is 0.497 e. The van der Waals surface area contributed by atoms with Crippen LogP contribution in [0.2, 0.25) is 0 Å². The van der Waals surface area contributed by atoms with Crippen molar-refractivity contribution in [3.8, 4) is 5.75 Å². The maximum Gasteiger partial charge on any atom is 0.509 e. The van der Waals surface area contributed by atoms with Crippen molar-refractivity contribution in [2.24, 2.45) is 22.9 Å². The van der Waals surface area contributed by atoms with E-state index in [2.05, 4.69) is 15.5 Å². The van der Waals surface area contributed by atoms with Crippen LogP contribution in [0.3, 0.4) is 0 Å². The van der Waals surface area contributed by atoms with Crippen LogP contribution in [-0.4, -0.2) is 182 Å². The molecule has 6 rings (SSSR count). The van der Waals surface area contributed by atoms with Crippen LogP contribution in [-0.2, 0) is 53.8 Å². The topological polar surface area (TPSA) is 231 Å². The Morgan fingerprint density at radius 3 is 2.41 bits per heavy atom. The van der Waals surface area contributed by atoms with Gasteiger partial charge in [0.2, 0.25) is 0 Å². The normalized spacial score (nSPS) is 40.1. The van der Waals surface area contributed by atoms with Crippen LogP contribution >= 0.6 is 0 Å². The molecule has 5 heterocycles. The third kappa shape index (κ3) is 12.5. The van der Waals surface area contributed by atoms with E-state index in [1.807, 2.05) is 90.0 Å². The van der Waals surface area contributed by atoms with Crippen LogP contribution in [0.4, 0.5) is 9.59 Å². The number of fused-ring (bicyclic) bond motifs is 2. The number of carbonyl (C=O) groups is 3. The zero-order chi connectivity index (χ0) is 52.3. The molecule has 2 aromatic rings. The van der Waals surface area contributed by atoms with Crippen LogP contribution in [0.1, 0.15) is 100 Å². The molecule has 20 nitrogen and oxygen atoms in total. The fourth-order valence-corrected chi connectivity index (χ4v) is 11.4. The molecule has 0 spiro atoms. The highest BCUT2D eigenvalue weighted by Gasteiger charge is 2.58. The van der Waals surface area contributed by atoms with Crippen LogP contribution in [0.15, 0.2) is 29.5 Å². The molecule has 1 unspecified atom stereocenters. The Bertz CT molecular complexity index is 2160. The molecule has 4 fully saturated rings. The van der Waals surface area contributed by atoms with Crippen LogP contribution in [0, 0.1) is 17.8 Å². The summed E-state index contributed by atoms with van der Waals surface area (Å²) in [5, 5.41) is 29.7. The molecule has 0 radical (unpaired) electrons. The molecular formula is C51H81N5O15. The van der Waals surface area contributed by atoms with Crippen molar-refractivity contribution in [3.63, 3.8) is 0 Å². The number of ether oxygens (including phenoxy) is 10. The maximum absolute atomic E-state index is 14.8. The van der Waals surface area contributed by atoms with Crippen LogP contribution in [0.25, 0.3) is 10.9 Å². The van der Waals surface area contributed by atoms with Gasteiger partial charge in [0, 0.05) is 67.8 Å². The lowest BCUT2D eigenvalue weighted by Gasteiger charge is -2.49. The summed E-state index contributed by atoms with van der Waals surface area (Å²) < 4.78 is 62.1. The van der Waals surface area contributed by atoms with Crippen LogP contribution < -0.4 is 10.2 Å². The first-order valence-corrected chi connectivity index (χ1v) is 25.0. The molecule has 18 atom stereocenters. The molecule has 4 N–H and O–H groups in total. The van der Waals surface area contributed by atoms with E-state index in [1.165, 1.54) is 7.11 Å². The van der Waals surface area contributed by atoms with Crippen molar-refractivity contribution in [1.29, 1.82) is 0 Å². The Balaban J connectivity index is 1.29. The number of rotatable bonds is 12. The van der Waals surface area contributed by atoms with Gasteiger partial charge in [-0.3, -0.25) is 9.69 Å². The van der Waals surface area contributed by atoms with Crippen molar-refractivity contribution in [3.05, 3.63) is 30.0 Å². The number of aliphatic hydroxyl groups is 2. The summed E-state index contributed by atoms with van der Waals surface area (Å²) in [4.78, 5) is 48.2.